The molecule has 0 aliphatic heterocycles. The molecule has 2 rings (SSSR count). The van der Waals surface area contributed by atoms with Crippen LogP contribution in [0.3, 0.4) is 0 Å². The molecule has 0 saturated heterocycles. The molecular weight excluding hydrogens is 259 g/mol. The van der Waals surface area contributed by atoms with Crippen molar-refractivity contribution in [2.45, 2.75) is 13.3 Å². The van der Waals surface area contributed by atoms with Gasteiger partial charge in [-0.3, -0.25) is 4.79 Å². The highest BCUT2D eigenvalue weighted by molar-refractivity contribution is 7.14. The first kappa shape index (κ1) is 12.3. The summed E-state index contributed by atoms with van der Waals surface area (Å²) in [7, 11) is 0. The average Bonchev–Trinajstić information content (AvgIpc) is 2.76. The molecule has 0 bridgehead atoms. The van der Waals surface area contributed by atoms with Gasteiger partial charge in [-0.25, -0.2) is 4.39 Å². The molecule has 0 radical (unpaired) electrons. The third-order valence-corrected chi connectivity index (χ3v) is 3.87. The van der Waals surface area contributed by atoms with E-state index in [4.69, 9.17) is 11.6 Å². The fourth-order valence-electron chi connectivity index (χ4n) is 1.50. The largest absolute Gasteiger partial charge is 0.288 e. The Kier molecular flexibility index (Phi) is 3.60. The van der Waals surface area contributed by atoms with Crippen LogP contribution in [-0.4, -0.2) is 5.78 Å². The quantitative estimate of drug-likeness (QED) is 0.757. The fourth-order valence-corrected chi connectivity index (χ4v) is 2.56. The van der Waals surface area contributed by atoms with E-state index in [2.05, 4.69) is 0 Å². The number of halogens is 2. The van der Waals surface area contributed by atoms with Crippen LogP contribution < -0.4 is 0 Å². The van der Waals surface area contributed by atoms with E-state index in [9.17, 15) is 9.18 Å². The number of aryl methyl sites for hydroxylation is 1. The van der Waals surface area contributed by atoms with Crippen molar-refractivity contribution in [1.82, 2.24) is 0 Å². The van der Waals surface area contributed by atoms with Crippen LogP contribution in [0.25, 0.3) is 0 Å². The van der Waals surface area contributed by atoms with E-state index in [1.54, 1.807) is 6.07 Å². The zero-order valence-corrected chi connectivity index (χ0v) is 10.7. The molecule has 4 heteroatoms. The highest BCUT2D eigenvalue weighted by Gasteiger charge is 2.15. The summed E-state index contributed by atoms with van der Waals surface area (Å²) in [5.41, 5.74) is 0.0684. The molecule has 0 N–H and O–H groups in total. The molecule has 0 saturated carbocycles. The number of ketones is 1. The first-order valence-electron chi connectivity index (χ1n) is 5.20. The average molecular weight is 269 g/mol. The fraction of sp³-hybridized carbons (Fsp3) is 0.154. The molecule has 0 unspecified atom stereocenters. The molecule has 1 aromatic heterocycles. The summed E-state index contributed by atoms with van der Waals surface area (Å²) in [4.78, 5) is 13.7. The zero-order valence-electron chi connectivity index (χ0n) is 9.17. The predicted octanol–water partition coefficient (Wildman–Crippen LogP) is 4.33. The lowest BCUT2D eigenvalue weighted by atomic mass is 10.1. The second kappa shape index (κ2) is 4.98. The van der Waals surface area contributed by atoms with Gasteiger partial charge in [0, 0.05) is 9.90 Å². The molecule has 0 aliphatic carbocycles. The first-order valence-corrected chi connectivity index (χ1v) is 6.39. The lowest BCUT2D eigenvalue weighted by Crippen LogP contribution is -2.01. The van der Waals surface area contributed by atoms with Gasteiger partial charge in [-0.2, -0.15) is 0 Å². The minimum atomic E-state index is -0.575. The maximum atomic E-state index is 13.6. The van der Waals surface area contributed by atoms with E-state index in [0.717, 1.165) is 17.4 Å². The monoisotopic (exact) mass is 268 g/mol. The second-order valence-corrected chi connectivity index (χ2v) is 5.18. The third kappa shape index (κ3) is 2.56. The van der Waals surface area contributed by atoms with Crippen molar-refractivity contribution in [3.8, 4) is 0 Å². The van der Waals surface area contributed by atoms with Crippen LogP contribution in [0, 0.1) is 5.82 Å². The van der Waals surface area contributed by atoms with Crippen molar-refractivity contribution in [1.29, 1.82) is 0 Å². The molecule has 1 nitrogen and oxygen atoms in total. The number of carbonyl (C=O) groups excluding carboxylic acids is 1. The summed E-state index contributed by atoms with van der Waals surface area (Å²) < 4.78 is 13.6. The molecule has 0 spiro atoms. The summed E-state index contributed by atoms with van der Waals surface area (Å²) in [6.07, 6.45) is 0.876. The van der Waals surface area contributed by atoms with Gasteiger partial charge in [-0.05, 0) is 36.8 Å². The molecule has 2 aromatic rings. The van der Waals surface area contributed by atoms with Crippen LogP contribution in [0.2, 0.25) is 5.02 Å². The Morgan fingerprint density at radius 2 is 2.12 bits per heavy atom. The first-order chi connectivity index (χ1) is 8.11. The zero-order chi connectivity index (χ0) is 12.4. The van der Waals surface area contributed by atoms with Crippen LogP contribution in [0.1, 0.15) is 27.0 Å². The minimum Gasteiger partial charge on any atom is -0.288 e. The van der Waals surface area contributed by atoms with Crippen molar-refractivity contribution >= 4 is 28.7 Å². The lowest BCUT2D eigenvalue weighted by Gasteiger charge is -2.00. The number of hydrogen-bond donors (Lipinski definition) is 0. The predicted molar refractivity (Wildman–Crippen MR) is 68.5 cm³/mol. The summed E-state index contributed by atoms with van der Waals surface area (Å²) >= 11 is 7.05. The Bertz CT molecular complexity index is 562. The van der Waals surface area contributed by atoms with Crippen LogP contribution in [0.5, 0.6) is 0 Å². The molecule has 1 aromatic carbocycles. The van der Waals surface area contributed by atoms with E-state index in [1.165, 1.54) is 23.5 Å². The normalized spacial score (nSPS) is 10.5. The summed E-state index contributed by atoms with van der Waals surface area (Å²) in [6, 6.07) is 7.73. The van der Waals surface area contributed by atoms with Gasteiger partial charge in [-0.1, -0.05) is 18.5 Å². The molecular formula is C13H10ClFOS. The molecule has 0 amide bonds. The maximum absolute atomic E-state index is 13.6. The van der Waals surface area contributed by atoms with Gasteiger partial charge in [0.05, 0.1) is 10.4 Å². The van der Waals surface area contributed by atoms with Crippen molar-refractivity contribution < 1.29 is 9.18 Å². The summed E-state index contributed by atoms with van der Waals surface area (Å²) in [5, 5.41) is 0.291. The highest BCUT2D eigenvalue weighted by Crippen LogP contribution is 2.23. The van der Waals surface area contributed by atoms with Gasteiger partial charge in [0.15, 0.2) is 0 Å². The van der Waals surface area contributed by atoms with E-state index < -0.39 is 5.82 Å². The number of carbonyl (C=O) groups is 1. The third-order valence-electron chi connectivity index (χ3n) is 2.41. The van der Waals surface area contributed by atoms with Gasteiger partial charge in [0.25, 0.3) is 0 Å². The van der Waals surface area contributed by atoms with Crippen molar-refractivity contribution in [3.05, 3.63) is 56.5 Å². The van der Waals surface area contributed by atoms with Gasteiger partial charge >= 0.3 is 0 Å². The number of rotatable bonds is 3. The molecule has 1 heterocycles. The topological polar surface area (TPSA) is 17.1 Å². The van der Waals surface area contributed by atoms with E-state index in [1.807, 2.05) is 13.0 Å². The Balaban J connectivity index is 2.36. The van der Waals surface area contributed by atoms with Gasteiger partial charge in [0.2, 0.25) is 5.78 Å². The molecule has 88 valence electrons. The van der Waals surface area contributed by atoms with Crippen LogP contribution in [-0.2, 0) is 6.42 Å². The Morgan fingerprint density at radius 1 is 1.35 bits per heavy atom. The smallest absolute Gasteiger partial charge is 0.205 e. The number of hydrogen-bond acceptors (Lipinski definition) is 2. The Morgan fingerprint density at radius 3 is 2.71 bits per heavy atom. The summed E-state index contributed by atoms with van der Waals surface area (Å²) in [5.74, 6) is -0.863. The van der Waals surface area contributed by atoms with Crippen LogP contribution in [0.4, 0.5) is 4.39 Å². The SMILES string of the molecule is CCc1ccc(C(=O)c2ccc(Cl)cc2F)s1. The van der Waals surface area contributed by atoms with E-state index in [-0.39, 0.29) is 11.3 Å². The molecule has 0 fully saturated rings. The lowest BCUT2D eigenvalue weighted by molar-refractivity contribution is 0.103. The van der Waals surface area contributed by atoms with E-state index in [0.29, 0.717) is 9.90 Å². The Labute approximate surface area is 108 Å². The highest BCUT2D eigenvalue weighted by atomic mass is 35.5. The van der Waals surface area contributed by atoms with Crippen molar-refractivity contribution in [3.63, 3.8) is 0 Å². The maximum Gasteiger partial charge on any atom is 0.205 e. The van der Waals surface area contributed by atoms with Gasteiger partial charge in [-0.15, -0.1) is 11.3 Å². The minimum absolute atomic E-state index is 0.0684. The number of benzene rings is 1. The van der Waals surface area contributed by atoms with Crippen LogP contribution >= 0.6 is 22.9 Å². The number of thiophene rings is 1. The summed E-state index contributed by atoms with van der Waals surface area (Å²) in [6.45, 7) is 2.02. The molecule has 0 aliphatic rings. The van der Waals surface area contributed by atoms with E-state index >= 15 is 0 Å². The van der Waals surface area contributed by atoms with Gasteiger partial charge in [0.1, 0.15) is 5.82 Å². The molecule has 0 atom stereocenters. The second-order valence-electron chi connectivity index (χ2n) is 3.57. The standard InChI is InChI=1S/C13H10ClFOS/c1-2-9-4-6-12(17-9)13(16)10-5-3-8(14)7-11(10)15/h3-7H,2H2,1H3. The van der Waals surface area contributed by atoms with Crippen molar-refractivity contribution in [2.75, 3.05) is 0 Å². The molecule has 17 heavy (non-hydrogen) atoms. The van der Waals surface area contributed by atoms with Crippen molar-refractivity contribution in [2.24, 2.45) is 0 Å². The Hall–Kier alpha value is -1.19. The van der Waals surface area contributed by atoms with Gasteiger partial charge < -0.3 is 0 Å². The van der Waals surface area contributed by atoms with Crippen LogP contribution in [0.15, 0.2) is 30.3 Å².